The zero-order valence-corrected chi connectivity index (χ0v) is 10.3. The molecule has 0 aliphatic heterocycles. The van der Waals surface area contributed by atoms with E-state index in [1.807, 2.05) is 39.0 Å². The summed E-state index contributed by atoms with van der Waals surface area (Å²) in [4.78, 5) is 11.4. The Balaban J connectivity index is 2.62. The summed E-state index contributed by atoms with van der Waals surface area (Å²) < 4.78 is 5.18. The van der Waals surface area contributed by atoms with E-state index in [1.54, 1.807) is 7.11 Å². The SMILES string of the molecule is COc1ccc(CNC(=O)C(C)C)cc1C. The fraction of sp³-hybridized carbons (Fsp3) is 0.462. The molecule has 0 saturated heterocycles. The topological polar surface area (TPSA) is 38.3 Å². The van der Waals surface area contributed by atoms with Crippen molar-refractivity contribution in [2.45, 2.75) is 27.3 Å². The average Bonchev–Trinajstić information content (AvgIpc) is 2.25. The molecule has 1 amide bonds. The van der Waals surface area contributed by atoms with Gasteiger partial charge in [-0.1, -0.05) is 26.0 Å². The van der Waals surface area contributed by atoms with Gasteiger partial charge in [-0.2, -0.15) is 0 Å². The van der Waals surface area contributed by atoms with Gasteiger partial charge in [0.15, 0.2) is 0 Å². The Morgan fingerprint density at radius 1 is 1.44 bits per heavy atom. The van der Waals surface area contributed by atoms with Gasteiger partial charge in [-0.25, -0.2) is 0 Å². The Morgan fingerprint density at radius 3 is 2.62 bits per heavy atom. The average molecular weight is 221 g/mol. The highest BCUT2D eigenvalue weighted by Gasteiger charge is 2.06. The summed E-state index contributed by atoms with van der Waals surface area (Å²) in [6, 6.07) is 5.91. The van der Waals surface area contributed by atoms with Crippen molar-refractivity contribution in [1.82, 2.24) is 5.32 Å². The van der Waals surface area contributed by atoms with E-state index in [9.17, 15) is 4.79 Å². The first kappa shape index (κ1) is 12.6. The zero-order valence-electron chi connectivity index (χ0n) is 10.3. The van der Waals surface area contributed by atoms with Crippen molar-refractivity contribution >= 4 is 5.91 Å². The summed E-state index contributed by atoms with van der Waals surface area (Å²) >= 11 is 0. The molecule has 3 nitrogen and oxygen atoms in total. The summed E-state index contributed by atoms with van der Waals surface area (Å²) in [6.45, 7) is 6.33. The smallest absolute Gasteiger partial charge is 0.222 e. The highest BCUT2D eigenvalue weighted by atomic mass is 16.5. The van der Waals surface area contributed by atoms with Crippen molar-refractivity contribution in [1.29, 1.82) is 0 Å². The van der Waals surface area contributed by atoms with E-state index < -0.39 is 0 Å². The number of benzene rings is 1. The summed E-state index contributed by atoms with van der Waals surface area (Å²) in [5.74, 6) is 0.978. The number of methoxy groups -OCH3 is 1. The van der Waals surface area contributed by atoms with Gasteiger partial charge in [0, 0.05) is 12.5 Å². The van der Waals surface area contributed by atoms with Crippen molar-refractivity contribution in [2.75, 3.05) is 7.11 Å². The van der Waals surface area contributed by atoms with Gasteiger partial charge in [0.2, 0.25) is 5.91 Å². The summed E-state index contributed by atoms with van der Waals surface area (Å²) in [5.41, 5.74) is 2.17. The fourth-order valence-corrected chi connectivity index (χ4v) is 1.44. The van der Waals surface area contributed by atoms with Crippen LogP contribution >= 0.6 is 0 Å². The lowest BCUT2D eigenvalue weighted by Crippen LogP contribution is -2.27. The van der Waals surface area contributed by atoms with Crippen LogP contribution in [0.15, 0.2) is 18.2 Å². The molecular formula is C13H19NO2. The van der Waals surface area contributed by atoms with Crippen LogP contribution in [0.3, 0.4) is 0 Å². The minimum absolute atomic E-state index is 0.0272. The van der Waals surface area contributed by atoms with Crippen molar-refractivity contribution in [3.63, 3.8) is 0 Å². The Kier molecular flexibility index (Phi) is 4.35. The quantitative estimate of drug-likeness (QED) is 0.847. The van der Waals surface area contributed by atoms with Crippen molar-refractivity contribution in [2.24, 2.45) is 5.92 Å². The largest absolute Gasteiger partial charge is 0.496 e. The highest BCUT2D eigenvalue weighted by Crippen LogP contribution is 2.18. The molecule has 0 aromatic heterocycles. The van der Waals surface area contributed by atoms with Gasteiger partial charge in [0.25, 0.3) is 0 Å². The molecule has 0 unspecified atom stereocenters. The van der Waals surface area contributed by atoms with E-state index in [0.29, 0.717) is 6.54 Å². The lowest BCUT2D eigenvalue weighted by Gasteiger charge is -2.10. The molecule has 0 radical (unpaired) electrons. The van der Waals surface area contributed by atoms with Gasteiger partial charge in [0.05, 0.1) is 7.11 Å². The minimum atomic E-state index is 0.0272. The lowest BCUT2D eigenvalue weighted by molar-refractivity contribution is -0.124. The molecule has 0 bridgehead atoms. The third kappa shape index (κ3) is 3.26. The van der Waals surface area contributed by atoms with E-state index in [1.165, 1.54) is 0 Å². The van der Waals surface area contributed by atoms with Gasteiger partial charge in [-0.05, 0) is 24.1 Å². The predicted octanol–water partition coefficient (Wildman–Crippen LogP) is 2.28. The highest BCUT2D eigenvalue weighted by molar-refractivity contribution is 5.77. The normalized spacial score (nSPS) is 10.3. The number of aryl methyl sites for hydroxylation is 1. The maximum Gasteiger partial charge on any atom is 0.222 e. The molecule has 3 heteroatoms. The number of rotatable bonds is 4. The van der Waals surface area contributed by atoms with Crippen LogP contribution in [0, 0.1) is 12.8 Å². The van der Waals surface area contributed by atoms with Gasteiger partial charge >= 0.3 is 0 Å². The second-order valence-electron chi connectivity index (χ2n) is 4.18. The maximum absolute atomic E-state index is 11.4. The number of hydrogen-bond donors (Lipinski definition) is 1. The second-order valence-corrected chi connectivity index (χ2v) is 4.18. The first-order chi connectivity index (χ1) is 7.54. The van der Waals surface area contributed by atoms with Crippen molar-refractivity contribution in [3.05, 3.63) is 29.3 Å². The molecule has 0 aliphatic rings. The van der Waals surface area contributed by atoms with E-state index in [4.69, 9.17) is 4.74 Å². The van der Waals surface area contributed by atoms with Crippen LogP contribution in [0.1, 0.15) is 25.0 Å². The van der Waals surface area contributed by atoms with Gasteiger partial charge in [-0.15, -0.1) is 0 Å². The second kappa shape index (κ2) is 5.54. The van der Waals surface area contributed by atoms with Gasteiger partial charge in [-0.3, -0.25) is 4.79 Å². The summed E-state index contributed by atoms with van der Waals surface area (Å²) in [5, 5.41) is 2.88. The maximum atomic E-state index is 11.4. The van der Waals surface area contributed by atoms with Crippen LogP contribution < -0.4 is 10.1 Å². The molecule has 0 spiro atoms. The first-order valence-corrected chi connectivity index (χ1v) is 5.46. The number of ether oxygens (including phenoxy) is 1. The van der Waals surface area contributed by atoms with Gasteiger partial charge in [0.1, 0.15) is 5.75 Å². The molecule has 0 fully saturated rings. The number of carbonyl (C=O) groups is 1. The van der Waals surface area contributed by atoms with Crippen LogP contribution in [-0.2, 0) is 11.3 Å². The monoisotopic (exact) mass is 221 g/mol. The number of amides is 1. The van der Waals surface area contributed by atoms with E-state index in [0.717, 1.165) is 16.9 Å². The lowest BCUT2D eigenvalue weighted by atomic mass is 10.1. The molecule has 16 heavy (non-hydrogen) atoms. The summed E-state index contributed by atoms with van der Waals surface area (Å²) in [7, 11) is 1.66. The predicted molar refractivity (Wildman–Crippen MR) is 64.4 cm³/mol. The standard InChI is InChI=1S/C13H19NO2/c1-9(2)13(15)14-8-11-5-6-12(16-4)10(3)7-11/h5-7,9H,8H2,1-4H3,(H,14,15). The molecule has 0 saturated carbocycles. The fourth-order valence-electron chi connectivity index (χ4n) is 1.44. The molecule has 0 atom stereocenters. The van der Waals surface area contributed by atoms with Crippen LogP contribution in [0.2, 0.25) is 0 Å². The summed E-state index contributed by atoms with van der Waals surface area (Å²) in [6.07, 6.45) is 0. The Bertz CT molecular complexity index is 372. The number of carbonyl (C=O) groups excluding carboxylic acids is 1. The van der Waals surface area contributed by atoms with Crippen molar-refractivity contribution < 1.29 is 9.53 Å². The van der Waals surface area contributed by atoms with Gasteiger partial charge < -0.3 is 10.1 Å². The number of nitrogens with one attached hydrogen (secondary N) is 1. The molecule has 1 N–H and O–H groups in total. The van der Waals surface area contributed by atoms with E-state index in [2.05, 4.69) is 5.32 Å². The van der Waals surface area contributed by atoms with E-state index >= 15 is 0 Å². The van der Waals surface area contributed by atoms with Crippen molar-refractivity contribution in [3.8, 4) is 5.75 Å². The molecular weight excluding hydrogens is 202 g/mol. The van der Waals surface area contributed by atoms with Crippen LogP contribution in [0.25, 0.3) is 0 Å². The van der Waals surface area contributed by atoms with Crippen LogP contribution in [0.4, 0.5) is 0 Å². The first-order valence-electron chi connectivity index (χ1n) is 5.46. The molecule has 1 aromatic rings. The molecule has 0 heterocycles. The third-order valence-corrected chi connectivity index (χ3v) is 2.45. The molecule has 88 valence electrons. The molecule has 0 aliphatic carbocycles. The molecule has 1 aromatic carbocycles. The number of hydrogen-bond acceptors (Lipinski definition) is 2. The Labute approximate surface area is 96.8 Å². The molecule has 1 rings (SSSR count). The Hall–Kier alpha value is -1.51. The van der Waals surface area contributed by atoms with Crippen LogP contribution in [-0.4, -0.2) is 13.0 Å². The third-order valence-electron chi connectivity index (χ3n) is 2.45. The Morgan fingerprint density at radius 2 is 2.12 bits per heavy atom. The van der Waals surface area contributed by atoms with Crippen LogP contribution in [0.5, 0.6) is 5.75 Å². The van der Waals surface area contributed by atoms with E-state index in [-0.39, 0.29) is 11.8 Å². The zero-order chi connectivity index (χ0) is 12.1. The minimum Gasteiger partial charge on any atom is -0.496 e.